The Labute approximate surface area is 175 Å². The zero-order valence-electron chi connectivity index (χ0n) is 17.3. The van der Waals surface area contributed by atoms with Crippen LogP contribution in [-0.2, 0) is 14.4 Å². The summed E-state index contributed by atoms with van der Waals surface area (Å²) in [5.41, 5.74) is 1.90. The summed E-state index contributed by atoms with van der Waals surface area (Å²) in [6.07, 6.45) is 0.209. The Kier molecular flexibility index (Phi) is 6.68. The minimum absolute atomic E-state index is 0.0401. The highest BCUT2D eigenvalue weighted by molar-refractivity contribution is 6.05. The van der Waals surface area contributed by atoms with Crippen LogP contribution in [0.25, 0.3) is 0 Å². The lowest BCUT2D eigenvalue weighted by Crippen LogP contribution is -2.45. The molecule has 0 bridgehead atoms. The third kappa shape index (κ3) is 5.15. The number of ether oxygens (including phenoxy) is 1. The Balaban J connectivity index is 1.64. The molecule has 1 aliphatic heterocycles. The highest BCUT2D eigenvalue weighted by Gasteiger charge is 2.30. The monoisotopic (exact) mass is 410 g/mol. The fourth-order valence-corrected chi connectivity index (χ4v) is 3.48. The Hall–Kier alpha value is -3.39. The summed E-state index contributed by atoms with van der Waals surface area (Å²) < 4.78 is 5.15. The van der Waals surface area contributed by atoms with Gasteiger partial charge in [0.05, 0.1) is 31.6 Å². The molecule has 2 aromatic rings. The molecule has 0 aliphatic carbocycles. The van der Waals surface area contributed by atoms with Crippen molar-refractivity contribution >= 4 is 34.8 Å². The van der Waals surface area contributed by atoms with E-state index in [1.807, 2.05) is 25.1 Å². The van der Waals surface area contributed by atoms with Gasteiger partial charge in [-0.05, 0) is 38.2 Å². The Morgan fingerprint density at radius 1 is 1.20 bits per heavy atom. The van der Waals surface area contributed by atoms with E-state index in [-0.39, 0.29) is 43.3 Å². The van der Waals surface area contributed by atoms with E-state index < -0.39 is 0 Å². The van der Waals surface area contributed by atoms with Crippen LogP contribution in [-0.4, -0.2) is 55.9 Å². The second-order valence-electron chi connectivity index (χ2n) is 7.33. The van der Waals surface area contributed by atoms with Gasteiger partial charge in [-0.2, -0.15) is 0 Å². The molecular formula is C22H26N4O4. The van der Waals surface area contributed by atoms with Gasteiger partial charge in [0.1, 0.15) is 5.75 Å². The molecule has 0 aromatic heterocycles. The first-order valence-corrected chi connectivity index (χ1v) is 9.70. The number of amides is 3. The molecule has 1 aliphatic rings. The van der Waals surface area contributed by atoms with Crippen molar-refractivity contribution in [1.29, 1.82) is 0 Å². The second kappa shape index (κ2) is 9.41. The second-order valence-corrected chi connectivity index (χ2v) is 7.33. The number of hydrogen-bond acceptors (Lipinski definition) is 5. The number of rotatable bonds is 6. The van der Waals surface area contributed by atoms with E-state index >= 15 is 0 Å². The summed E-state index contributed by atoms with van der Waals surface area (Å²) >= 11 is 0. The number of carbonyl (C=O) groups is 3. The molecule has 0 saturated carbocycles. The predicted octanol–water partition coefficient (Wildman–Crippen LogP) is 2.33. The van der Waals surface area contributed by atoms with E-state index in [2.05, 4.69) is 10.6 Å². The van der Waals surface area contributed by atoms with E-state index in [0.717, 1.165) is 0 Å². The van der Waals surface area contributed by atoms with Gasteiger partial charge in [0, 0.05) is 24.2 Å². The number of fused-ring (bicyclic) bond motifs is 1. The number of para-hydroxylation sites is 2. The third-order valence-electron chi connectivity index (χ3n) is 4.80. The average molecular weight is 410 g/mol. The fourth-order valence-electron chi connectivity index (χ4n) is 3.48. The minimum atomic E-state index is -0.292. The smallest absolute Gasteiger partial charge is 0.241 e. The molecule has 0 unspecified atom stereocenters. The molecule has 0 radical (unpaired) electrons. The van der Waals surface area contributed by atoms with Gasteiger partial charge < -0.3 is 20.3 Å². The summed E-state index contributed by atoms with van der Waals surface area (Å²) in [5, 5.41) is 5.64. The summed E-state index contributed by atoms with van der Waals surface area (Å²) in [4.78, 5) is 40.8. The van der Waals surface area contributed by atoms with Crippen LogP contribution in [0, 0.1) is 0 Å². The summed E-state index contributed by atoms with van der Waals surface area (Å²) in [7, 11) is 3.27. The van der Waals surface area contributed by atoms with E-state index in [1.165, 1.54) is 0 Å². The number of nitrogens with zero attached hydrogens (tertiary/aromatic N) is 2. The molecule has 3 amide bonds. The third-order valence-corrected chi connectivity index (χ3v) is 4.80. The summed E-state index contributed by atoms with van der Waals surface area (Å²) in [6.45, 7) is 1.93. The molecule has 158 valence electrons. The van der Waals surface area contributed by atoms with Gasteiger partial charge in [-0.1, -0.05) is 18.2 Å². The molecule has 1 atom stereocenters. The van der Waals surface area contributed by atoms with E-state index in [4.69, 9.17) is 4.74 Å². The van der Waals surface area contributed by atoms with E-state index in [1.54, 1.807) is 54.3 Å². The summed E-state index contributed by atoms with van der Waals surface area (Å²) in [6, 6.07) is 14.0. The quantitative estimate of drug-likeness (QED) is 0.763. The van der Waals surface area contributed by atoms with Gasteiger partial charge in [-0.25, -0.2) is 0 Å². The molecule has 2 aromatic carbocycles. The maximum absolute atomic E-state index is 13.1. The van der Waals surface area contributed by atoms with Gasteiger partial charge >= 0.3 is 0 Å². The Bertz CT molecular complexity index is 946. The van der Waals surface area contributed by atoms with Gasteiger partial charge in [-0.15, -0.1) is 0 Å². The lowest BCUT2D eigenvalue weighted by molar-refractivity contribution is -0.121. The standard InChI is InChI=1S/C22H26N4O4/c1-15-11-20(27)24-18-9-4-5-10-19(18)26(15)22(29)14-25(2)13-21(28)23-16-7-6-8-17(12-16)30-3/h4-10,12,15H,11,13-14H2,1-3H3,(H,23,28)(H,24,27)/t15-/m0/s1. The number of anilines is 3. The number of methoxy groups -OCH3 is 1. The SMILES string of the molecule is COc1cccc(NC(=O)CN(C)CC(=O)N2c3ccccc3NC(=O)C[C@@H]2C)c1. The van der Waals surface area contributed by atoms with Crippen LogP contribution in [0.4, 0.5) is 17.1 Å². The molecular weight excluding hydrogens is 384 g/mol. The number of likely N-dealkylation sites (N-methyl/N-ethyl adjacent to an activating group) is 1. The predicted molar refractivity (Wildman–Crippen MR) is 116 cm³/mol. The van der Waals surface area contributed by atoms with Crippen LogP contribution in [0.15, 0.2) is 48.5 Å². The van der Waals surface area contributed by atoms with Crippen LogP contribution in [0.1, 0.15) is 13.3 Å². The highest BCUT2D eigenvalue weighted by Crippen LogP contribution is 2.31. The van der Waals surface area contributed by atoms with Crippen LogP contribution in [0.2, 0.25) is 0 Å². The molecule has 2 N–H and O–H groups in total. The molecule has 3 rings (SSSR count). The molecule has 30 heavy (non-hydrogen) atoms. The molecule has 0 spiro atoms. The first kappa shape index (κ1) is 21.3. The minimum Gasteiger partial charge on any atom is -0.497 e. The largest absolute Gasteiger partial charge is 0.497 e. The van der Waals surface area contributed by atoms with Gasteiger partial charge in [0.25, 0.3) is 0 Å². The maximum atomic E-state index is 13.1. The van der Waals surface area contributed by atoms with Crippen molar-refractivity contribution < 1.29 is 19.1 Å². The van der Waals surface area contributed by atoms with Gasteiger partial charge in [0.2, 0.25) is 17.7 Å². The summed E-state index contributed by atoms with van der Waals surface area (Å²) in [5.74, 6) is 0.104. The average Bonchev–Trinajstić information content (AvgIpc) is 2.81. The first-order valence-electron chi connectivity index (χ1n) is 9.70. The number of benzene rings is 2. The fraction of sp³-hybridized carbons (Fsp3) is 0.318. The zero-order chi connectivity index (χ0) is 21.7. The highest BCUT2D eigenvalue weighted by atomic mass is 16.5. The van der Waals surface area contributed by atoms with Crippen molar-refractivity contribution in [2.45, 2.75) is 19.4 Å². The molecule has 1 heterocycles. The van der Waals surface area contributed by atoms with Crippen LogP contribution in [0.3, 0.4) is 0 Å². The lowest BCUT2D eigenvalue weighted by atomic mass is 10.1. The number of carbonyl (C=O) groups excluding carboxylic acids is 3. The van der Waals surface area contributed by atoms with Gasteiger partial charge in [0.15, 0.2) is 0 Å². The Morgan fingerprint density at radius 2 is 1.97 bits per heavy atom. The lowest BCUT2D eigenvalue weighted by Gasteiger charge is -2.29. The van der Waals surface area contributed by atoms with Crippen molar-refractivity contribution in [2.75, 3.05) is 42.8 Å². The van der Waals surface area contributed by atoms with Crippen LogP contribution in [0.5, 0.6) is 5.75 Å². The van der Waals surface area contributed by atoms with E-state index in [9.17, 15) is 14.4 Å². The molecule has 8 nitrogen and oxygen atoms in total. The maximum Gasteiger partial charge on any atom is 0.241 e. The Morgan fingerprint density at radius 3 is 2.73 bits per heavy atom. The first-order chi connectivity index (χ1) is 14.4. The number of nitrogens with one attached hydrogen (secondary N) is 2. The van der Waals surface area contributed by atoms with Crippen LogP contribution >= 0.6 is 0 Å². The van der Waals surface area contributed by atoms with Crippen molar-refractivity contribution in [1.82, 2.24) is 4.90 Å². The van der Waals surface area contributed by atoms with Crippen molar-refractivity contribution in [3.8, 4) is 5.75 Å². The molecule has 8 heteroatoms. The van der Waals surface area contributed by atoms with Gasteiger partial charge in [-0.3, -0.25) is 19.3 Å². The van der Waals surface area contributed by atoms with Crippen molar-refractivity contribution in [2.24, 2.45) is 0 Å². The number of hydrogen-bond donors (Lipinski definition) is 2. The molecule has 0 fully saturated rings. The zero-order valence-corrected chi connectivity index (χ0v) is 17.3. The topological polar surface area (TPSA) is 91.0 Å². The normalized spacial score (nSPS) is 15.8. The van der Waals surface area contributed by atoms with Crippen molar-refractivity contribution in [3.05, 3.63) is 48.5 Å². The van der Waals surface area contributed by atoms with Crippen molar-refractivity contribution in [3.63, 3.8) is 0 Å². The van der Waals surface area contributed by atoms with E-state index in [0.29, 0.717) is 22.8 Å². The van der Waals surface area contributed by atoms with Crippen LogP contribution < -0.4 is 20.3 Å². The molecule has 0 saturated heterocycles.